The number of aromatic nitrogens is 4. The molecule has 3 N–H and O–H groups in total. The van der Waals surface area contributed by atoms with Crippen molar-refractivity contribution in [2.24, 2.45) is 0 Å². The Hall–Kier alpha value is -3.82. The van der Waals surface area contributed by atoms with Crippen molar-refractivity contribution in [1.82, 2.24) is 19.7 Å². The Balaban J connectivity index is 1.58. The second-order valence-electron chi connectivity index (χ2n) is 7.25. The molecule has 0 aliphatic heterocycles. The third-order valence-electron chi connectivity index (χ3n) is 5.09. The molecule has 0 unspecified atom stereocenters. The molecule has 10 nitrogen and oxygen atoms in total. The highest BCUT2D eigenvalue weighted by molar-refractivity contribution is 5.99. The summed E-state index contributed by atoms with van der Waals surface area (Å²) in [6, 6.07) is 6.28. The van der Waals surface area contributed by atoms with Crippen molar-refractivity contribution < 1.29 is 14.3 Å². The van der Waals surface area contributed by atoms with E-state index in [1.807, 2.05) is 0 Å². The lowest BCUT2D eigenvalue weighted by Gasteiger charge is -2.15. The number of hydrogen-bond acceptors (Lipinski definition) is 6. The molecule has 10 heteroatoms. The molecule has 3 aromatic rings. The van der Waals surface area contributed by atoms with E-state index in [9.17, 15) is 9.59 Å². The normalized spacial score (nSPS) is 12.7. The number of rotatable bonds is 5. The van der Waals surface area contributed by atoms with E-state index < -0.39 is 6.03 Å². The largest absolute Gasteiger partial charge is 0.493 e. The van der Waals surface area contributed by atoms with Crippen LogP contribution in [0.4, 0.5) is 16.3 Å². The smallest absolute Gasteiger partial charge is 0.324 e. The van der Waals surface area contributed by atoms with Crippen molar-refractivity contribution in [3.8, 4) is 17.4 Å². The first kappa shape index (κ1) is 20.5. The number of nitrogens with one attached hydrogen (secondary N) is 3. The summed E-state index contributed by atoms with van der Waals surface area (Å²) in [4.78, 5) is 32.5. The van der Waals surface area contributed by atoms with Gasteiger partial charge in [-0.15, -0.1) is 0 Å². The summed E-state index contributed by atoms with van der Waals surface area (Å²) >= 11 is 0. The predicted octanol–water partition coefficient (Wildman–Crippen LogP) is 2.80. The molecular weight excluding hydrogens is 400 g/mol. The summed E-state index contributed by atoms with van der Waals surface area (Å²) in [5.41, 5.74) is 2.56. The van der Waals surface area contributed by atoms with Crippen LogP contribution in [0.5, 0.6) is 11.5 Å². The Morgan fingerprint density at radius 2 is 1.87 bits per heavy atom. The summed E-state index contributed by atoms with van der Waals surface area (Å²) in [5, 5.41) is 9.89. The van der Waals surface area contributed by atoms with Crippen LogP contribution in [0, 0.1) is 6.92 Å². The molecule has 31 heavy (non-hydrogen) atoms. The van der Waals surface area contributed by atoms with Crippen molar-refractivity contribution in [2.45, 2.75) is 32.6 Å². The number of methoxy groups -OCH3 is 2. The molecule has 1 aromatic carbocycles. The molecule has 2 aromatic heterocycles. The van der Waals surface area contributed by atoms with Gasteiger partial charge >= 0.3 is 6.03 Å². The second kappa shape index (κ2) is 8.50. The number of H-pyrrole nitrogens is 1. The van der Waals surface area contributed by atoms with Crippen LogP contribution in [0.15, 0.2) is 29.1 Å². The summed E-state index contributed by atoms with van der Waals surface area (Å²) < 4.78 is 11.9. The fourth-order valence-corrected chi connectivity index (χ4v) is 3.63. The van der Waals surface area contributed by atoms with Gasteiger partial charge in [0, 0.05) is 23.4 Å². The van der Waals surface area contributed by atoms with Gasteiger partial charge in [0.15, 0.2) is 11.5 Å². The van der Waals surface area contributed by atoms with Gasteiger partial charge in [-0.3, -0.25) is 15.1 Å². The number of benzene rings is 1. The highest BCUT2D eigenvalue weighted by atomic mass is 16.5. The molecule has 0 bridgehead atoms. The van der Waals surface area contributed by atoms with Gasteiger partial charge in [0.1, 0.15) is 5.82 Å². The van der Waals surface area contributed by atoms with E-state index in [0.29, 0.717) is 28.7 Å². The number of anilines is 2. The van der Waals surface area contributed by atoms with Crippen LogP contribution in [0.2, 0.25) is 0 Å². The monoisotopic (exact) mass is 424 g/mol. The van der Waals surface area contributed by atoms with Gasteiger partial charge < -0.3 is 14.8 Å². The minimum Gasteiger partial charge on any atom is -0.493 e. The van der Waals surface area contributed by atoms with Crippen molar-refractivity contribution in [3.05, 3.63) is 51.6 Å². The lowest BCUT2D eigenvalue weighted by Crippen LogP contribution is -2.25. The Labute approximate surface area is 178 Å². The van der Waals surface area contributed by atoms with Gasteiger partial charge in [-0.1, -0.05) is 0 Å². The fraction of sp³-hybridized carbons (Fsp3) is 0.333. The molecule has 1 aliphatic carbocycles. The summed E-state index contributed by atoms with van der Waals surface area (Å²) in [6.45, 7) is 1.80. The average Bonchev–Trinajstić information content (AvgIpc) is 3.13. The molecule has 0 saturated heterocycles. The molecule has 2 heterocycles. The number of carbonyl (C=O) groups is 1. The maximum Gasteiger partial charge on any atom is 0.324 e. The van der Waals surface area contributed by atoms with Crippen LogP contribution >= 0.6 is 0 Å². The molecule has 1 aliphatic rings. The molecule has 0 fully saturated rings. The Bertz CT molecular complexity index is 1180. The van der Waals surface area contributed by atoms with Crippen molar-refractivity contribution >= 4 is 17.5 Å². The van der Waals surface area contributed by atoms with E-state index in [-0.39, 0.29) is 11.5 Å². The number of carbonyl (C=O) groups excluding carboxylic acids is 1. The Morgan fingerprint density at radius 3 is 2.65 bits per heavy atom. The molecule has 0 radical (unpaired) electrons. The Morgan fingerprint density at radius 1 is 1.10 bits per heavy atom. The van der Waals surface area contributed by atoms with E-state index in [4.69, 9.17) is 9.47 Å². The maximum absolute atomic E-state index is 12.6. The predicted molar refractivity (Wildman–Crippen MR) is 116 cm³/mol. The molecule has 0 spiro atoms. The van der Waals surface area contributed by atoms with Gasteiger partial charge in [0.05, 0.1) is 25.6 Å². The summed E-state index contributed by atoms with van der Waals surface area (Å²) in [7, 11) is 3.07. The minimum absolute atomic E-state index is 0.159. The zero-order valence-corrected chi connectivity index (χ0v) is 17.6. The van der Waals surface area contributed by atoms with Gasteiger partial charge in [-0.2, -0.15) is 9.78 Å². The lowest BCUT2D eigenvalue weighted by molar-refractivity contribution is 0.262. The van der Waals surface area contributed by atoms with Crippen LogP contribution in [0.1, 0.15) is 29.8 Å². The molecule has 162 valence electrons. The zero-order chi connectivity index (χ0) is 22.0. The van der Waals surface area contributed by atoms with E-state index in [1.165, 1.54) is 11.8 Å². The number of aryl methyl sites for hydroxylation is 2. The highest BCUT2D eigenvalue weighted by Gasteiger charge is 2.19. The van der Waals surface area contributed by atoms with Crippen LogP contribution in [0.3, 0.4) is 0 Å². The van der Waals surface area contributed by atoms with Crippen molar-refractivity contribution in [1.29, 1.82) is 0 Å². The van der Waals surface area contributed by atoms with Crippen molar-refractivity contribution in [2.75, 3.05) is 24.9 Å². The van der Waals surface area contributed by atoms with E-state index in [1.54, 1.807) is 38.3 Å². The molecule has 0 saturated carbocycles. The number of fused-ring (bicyclic) bond motifs is 1. The third kappa shape index (κ3) is 4.23. The number of nitrogens with zero attached hydrogens (tertiary/aromatic N) is 3. The number of urea groups is 1. The number of aromatic amines is 1. The van der Waals surface area contributed by atoms with Crippen molar-refractivity contribution in [3.63, 3.8) is 0 Å². The lowest BCUT2D eigenvalue weighted by atomic mass is 9.97. The molecule has 0 atom stereocenters. The van der Waals surface area contributed by atoms with E-state index in [0.717, 1.165) is 36.9 Å². The first-order valence-electron chi connectivity index (χ1n) is 9.97. The second-order valence-corrected chi connectivity index (χ2v) is 7.25. The van der Waals surface area contributed by atoms with E-state index in [2.05, 4.69) is 25.7 Å². The SMILES string of the molecule is COc1ccc(NC(=O)Nc2cc(C)nn2-c2nc3c(c(=O)[nH]2)CCCC3)cc1OC. The zero-order valence-electron chi connectivity index (χ0n) is 17.6. The first-order chi connectivity index (χ1) is 15.0. The van der Waals surface area contributed by atoms with Crippen LogP contribution in [-0.2, 0) is 12.8 Å². The van der Waals surface area contributed by atoms with Gasteiger partial charge in [0.2, 0.25) is 5.95 Å². The van der Waals surface area contributed by atoms with Crippen LogP contribution in [0.25, 0.3) is 5.95 Å². The summed E-state index contributed by atoms with van der Waals surface area (Å²) in [5.74, 6) is 1.72. The fourth-order valence-electron chi connectivity index (χ4n) is 3.63. The topological polar surface area (TPSA) is 123 Å². The molecule has 2 amide bonds. The number of ether oxygens (including phenoxy) is 2. The van der Waals surface area contributed by atoms with Crippen LogP contribution in [-0.4, -0.2) is 40.0 Å². The highest BCUT2D eigenvalue weighted by Crippen LogP contribution is 2.29. The minimum atomic E-state index is -0.478. The summed E-state index contributed by atoms with van der Waals surface area (Å²) in [6.07, 6.45) is 3.48. The quantitative estimate of drug-likeness (QED) is 0.579. The third-order valence-corrected chi connectivity index (χ3v) is 5.09. The van der Waals surface area contributed by atoms with Gasteiger partial charge in [0.25, 0.3) is 5.56 Å². The Kier molecular flexibility index (Phi) is 5.61. The maximum atomic E-state index is 12.6. The molecule has 4 rings (SSSR count). The standard InChI is InChI=1S/C21H24N6O4/c1-12-10-18(24-21(29)22-13-8-9-16(30-2)17(11-13)31-3)27(26-12)20-23-15-7-5-4-6-14(15)19(28)25-20/h8-11H,4-7H2,1-3H3,(H2,22,24,29)(H,23,25,28). The van der Waals surface area contributed by atoms with Gasteiger partial charge in [-0.25, -0.2) is 9.78 Å². The van der Waals surface area contributed by atoms with E-state index >= 15 is 0 Å². The first-order valence-corrected chi connectivity index (χ1v) is 9.97. The van der Waals surface area contributed by atoms with Crippen LogP contribution < -0.4 is 25.7 Å². The average molecular weight is 424 g/mol. The molecular formula is C21H24N6O4. The number of hydrogen-bond donors (Lipinski definition) is 3. The van der Waals surface area contributed by atoms with Gasteiger partial charge in [-0.05, 0) is 44.7 Å². The number of amides is 2.